The quantitative estimate of drug-likeness (QED) is 0.916. The molecule has 0 unspecified atom stereocenters. The van der Waals surface area contributed by atoms with Crippen molar-refractivity contribution >= 4 is 29.2 Å². The number of hydrogen-bond donors (Lipinski definition) is 1. The lowest BCUT2D eigenvalue weighted by molar-refractivity contribution is 0.0963. The highest BCUT2D eigenvalue weighted by atomic mass is 32.2. The number of hydrogen-bond acceptors (Lipinski definition) is 5. The lowest BCUT2D eigenvalue weighted by atomic mass is 10.2. The average molecular weight is 338 g/mol. The summed E-state index contributed by atoms with van der Waals surface area (Å²) in [5, 5.41) is 9.10. The fraction of sp³-hybridized carbons (Fsp3) is 0.562. The van der Waals surface area contributed by atoms with E-state index in [0.717, 1.165) is 24.3 Å². The lowest BCUT2D eigenvalue weighted by Gasteiger charge is -2.36. The molecular weight excluding hydrogens is 319 g/mol. The van der Waals surface area contributed by atoms with Crippen LogP contribution < -0.4 is 9.80 Å². The van der Waals surface area contributed by atoms with Crippen LogP contribution in [0.4, 0.5) is 20.6 Å². The van der Waals surface area contributed by atoms with E-state index in [1.54, 1.807) is 12.1 Å². The van der Waals surface area contributed by atoms with E-state index in [0.29, 0.717) is 23.5 Å². The fourth-order valence-corrected chi connectivity index (χ4v) is 5.06. The molecule has 0 spiro atoms. The summed E-state index contributed by atoms with van der Waals surface area (Å²) >= 11 is 1.95. The Morgan fingerprint density at radius 2 is 2.04 bits per heavy atom. The van der Waals surface area contributed by atoms with Crippen LogP contribution >= 0.6 is 11.8 Å². The molecule has 1 N–H and O–H groups in total. The molecule has 1 aromatic rings. The van der Waals surface area contributed by atoms with E-state index in [1.165, 1.54) is 11.0 Å². The second kappa shape index (κ2) is 5.87. The molecule has 0 aromatic heterocycles. The smallest absolute Gasteiger partial charge is 0.414 e. The monoisotopic (exact) mass is 338 g/mol. The first-order chi connectivity index (χ1) is 11.2. The van der Waals surface area contributed by atoms with Gasteiger partial charge in [-0.05, 0) is 31.0 Å². The van der Waals surface area contributed by atoms with Crippen molar-refractivity contribution in [1.82, 2.24) is 0 Å². The molecule has 4 rings (SSSR count). The van der Waals surface area contributed by atoms with Crippen molar-refractivity contribution in [2.45, 2.75) is 31.0 Å². The molecule has 1 aromatic carbocycles. The Morgan fingerprint density at radius 1 is 1.30 bits per heavy atom. The molecule has 3 atom stereocenters. The summed E-state index contributed by atoms with van der Waals surface area (Å²) in [7, 11) is 0. The minimum absolute atomic E-state index is 0.225. The molecule has 3 aliphatic heterocycles. The van der Waals surface area contributed by atoms with Gasteiger partial charge in [-0.1, -0.05) is 0 Å². The number of rotatable bonds is 3. The molecule has 124 valence electrons. The Kier molecular flexibility index (Phi) is 3.85. The highest BCUT2D eigenvalue weighted by Gasteiger charge is 2.38. The summed E-state index contributed by atoms with van der Waals surface area (Å²) in [6.45, 7) is 0.0251. The Labute approximate surface area is 138 Å². The van der Waals surface area contributed by atoms with Crippen LogP contribution in [0.3, 0.4) is 0 Å². The summed E-state index contributed by atoms with van der Waals surface area (Å²) < 4.78 is 19.7. The number of aliphatic hydroxyl groups is 1. The molecule has 1 amide bonds. The number of benzene rings is 1. The van der Waals surface area contributed by atoms with Crippen molar-refractivity contribution in [3.05, 3.63) is 24.0 Å². The van der Waals surface area contributed by atoms with E-state index in [2.05, 4.69) is 4.90 Å². The number of nitrogens with zero attached hydrogens (tertiary/aromatic N) is 2. The maximum Gasteiger partial charge on any atom is 0.414 e. The van der Waals surface area contributed by atoms with Gasteiger partial charge in [0, 0.05) is 23.6 Å². The van der Waals surface area contributed by atoms with Crippen LogP contribution in [0.25, 0.3) is 0 Å². The third kappa shape index (κ3) is 2.55. The minimum atomic E-state index is -0.541. The Balaban J connectivity index is 1.59. The van der Waals surface area contributed by atoms with Gasteiger partial charge in [-0.3, -0.25) is 4.90 Å². The van der Waals surface area contributed by atoms with Gasteiger partial charge in [0.15, 0.2) is 0 Å². The maximum atomic E-state index is 14.7. The van der Waals surface area contributed by atoms with Gasteiger partial charge in [-0.15, -0.1) is 0 Å². The van der Waals surface area contributed by atoms with Crippen molar-refractivity contribution in [3.63, 3.8) is 0 Å². The van der Waals surface area contributed by atoms with Crippen LogP contribution in [-0.2, 0) is 4.74 Å². The zero-order valence-electron chi connectivity index (χ0n) is 12.7. The second-order valence-corrected chi connectivity index (χ2v) is 7.34. The lowest BCUT2D eigenvalue weighted by Crippen LogP contribution is -2.43. The number of anilines is 2. The third-order valence-electron chi connectivity index (χ3n) is 4.84. The maximum absolute atomic E-state index is 14.7. The van der Waals surface area contributed by atoms with Gasteiger partial charge in [-0.25, -0.2) is 9.18 Å². The van der Waals surface area contributed by atoms with Crippen LogP contribution in [0.2, 0.25) is 0 Å². The molecule has 5 nitrogen and oxygen atoms in total. The average Bonchev–Trinajstić information content (AvgIpc) is 3.03. The molecular formula is C16H19FN2O3S. The first kappa shape index (κ1) is 15.1. The number of ether oxygens (including phenoxy) is 1. The van der Waals surface area contributed by atoms with Gasteiger partial charge in [0.05, 0.1) is 24.5 Å². The van der Waals surface area contributed by atoms with Crippen LogP contribution in [0, 0.1) is 5.82 Å². The summed E-state index contributed by atoms with van der Waals surface area (Å²) in [6.07, 6.45) is 1.16. The molecule has 2 bridgehead atoms. The zero-order chi connectivity index (χ0) is 16.0. The Hall–Kier alpha value is -1.47. The number of cyclic esters (lactones) is 1. The van der Waals surface area contributed by atoms with Crippen LogP contribution in [-0.4, -0.2) is 54.0 Å². The largest absolute Gasteiger partial charge is 0.441 e. The molecule has 3 saturated heterocycles. The van der Waals surface area contributed by atoms with Gasteiger partial charge in [0.2, 0.25) is 0 Å². The first-order valence-electron chi connectivity index (χ1n) is 7.92. The van der Waals surface area contributed by atoms with Crippen LogP contribution in [0.15, 0.2) is 18.2 Å². The van der Waals surface area contributed by atoms with Crippen molar-refractivity contribution in [3.8, 4) is 0 Å². The number of fused-ring (bicyclic) bond motifs is 2. The van der Waals surface area contributed by atoms with E-state index >= 15 is 0 Å². The van der Waals surface area contributed by atoms with E-state index < -0.39 is 12.2 Å². The molecule has 7 heteroatoms. The van der Waals surface area contributed by atoms with Crippen LogP contribution in [0.5, 0.6) is 0 Å². The highest BCUT2D eigenvalue weighted by Crippen LogP contribution is 2.40. The normalized spacial score (nSPS) is 30.0. The molecule has 0 saturated carbocycles. The number of aliphatic hydroxyl groups excluding tert-OH is 1. The van der Waals surface area contributed by atoms with Crippen molar-refractivity contribution < 1.29 is 19.0 Å². The predicted octanol–water partition coefficient (Wildman–Crippen LogP) is 2.23. The number of carbonyl (C=O) groups excluding carboxylic acids is 1. The van der Waals surface area contributed by atoms with Crippen molar-refractivity contribution in [1.29, 1.82) is 0 Å². The van der Waals surface area contributed by atoms with E-state index in [4.69, 9.17) is 9.84 Å². The number of carbonyl (C=O) groups is 1. The zero-order valence-corrected chi connectivity index (χ0v) is 13.5. The number of amides is 1. The SMILES string of the molecule is O=C1O[C@@H](CO)CN1c1ccc(N2[C@@H]3CC[C@H]2CSC3)c(F)c1. The van der Waals surface area contributed by atoms with Gasteiger partial charge >= 0.3 is 6.09 Å². The molecule has 3 aliphatic rings. The summed E-state index contributed by atoms with van der Waals surface area (Å²) in [4.78, 5) is 15.4. The summed E-state index contributed by atoms with van der Waals surface area (Å²) in [6, 6.07) is 5.76. The Morgan fingerprint density at radius 3 is 2.65 bits per heavy atom. The first-order valence-corrected chi connectivity index (χ1v) is 9.07. The summed E-state index contributed by atoms with van der Waals surface area (Å²) in [5.41, 5.74) is 1.11. The highest BCUT2D eigenvalue weighted by molar-refractivity contribution is 7.99. The van der Waals surface area contributed by atoms with Crippen molar-refractivity contribution in [2.24, 2.45) is 0 Å². The molecule has 3 heterocycles. The standard InChI is InChI=1S/C16H19FN2O3S/c17-14-5-10(18-6-13(7-20)22-16(18)21)3-4-15(14)19-11-1-2-12(19)9-23-8-11/h3-5,11-13,20H,1-2,6-9H2/t11-,12+,13-/m1/s1. The van der Waals surface area contributed by atoms with E-state index in [1.807, 2.05) is 11.8 Å². The molecule has 23 heavy (non-hydrogen) atoms. The predicted molar refractivity (Wildman–Crippen MR) is 87.7 cm³/mol. The molecule has 0 aliphatic carbocycles. The topological polar surface area (TPSA) is 53.0 Å². The second-order valence-electron chi connectivity index (χ2n) is 6.26. The van der Waals surface area contributed by atoms with Gasteiger partial charge in [0.1, 0.15) is 11.9 Å². The number of thioether (sulfide) groups is 1. The molecule has 3 fully saturated rings. The van der Waals surface area contributed by atoms with E-state index in [-0.39, 0.29) is 19.0 Å². The minimum Gasteiger partial charge on any atom is -0.441 e. The summed E-state index contributed by atoms with van der Waals surface area (Å²) in [5.74, 6) is 1.80. The van der Waals surface area contributed by atoms with Crippen molar-refractivity contribution in [2.75, 3.05) is 34.5 Å². The van der Waals surface area contributed by atoms with Gasteiger partial charge in [0.25, 0.3) is 0 Å². The van der Waals surface area contributed by atoms with E-state index in [9.17, 15) is 9.18 Å². The van der Waals surface area contributed by atoms with Gasteiger partial charge < -0.3 is 14.7 Å². The van der Waals surface area contributed by atoms with Gasteiger partial charge in [-0.2, -0.15) is 11.8 Å². The Bertz CT molecular complexity index is 613. The number of halogens is 1. The third-order valence-corrected chi connectivity index (χ3v) is 6.08. The van der Waals surface area contributed by atoms with Crippen LogP contribution in [0.1, 0.15) is 12.8 Å². The molecule has 0 radical (unpaired) electrons. The fourth-order valence-electron chi connectivity index (χ4n) is 3.72.